The summed E-state index contributed by atoms with van der Waals surface area (Å²) in [5.74, 6) is 1.45. The molecule has 0 saturated carbocycles. The molecule has 1 aromatic heterocycles. The molecule has 1 heterocycles. The van der Waals surface area contributed by atoms with Crippen LogP contribution in [0.25, 0.3) is 0 Å². The monoisotopic (exact) mass is 356 g/mol. The average Bonchev–Trinajstić information content (AvgIpc) is 3.28. The van der Waals surface area contributed by atoms with Crippen molar-refractivity contribution in [3.63, 3.8) is 0 Å². The molecule has 0 radical (unpaired) electrons. The van der Waals surface area contributed by atoms with E-state index in [2.05, 4.69) is 47.6 Å². The number of allylic oxidation sites excluding steroid dienone is 2. The van der Waals surface area contributed by atoms with Gasteiger partial charge in [0.1, 0.15) is 5.75 Å². The largest absolute Gasteiger partial charge is 0.497 e. The highest BCUT2D eigenvalue weighted by Gasteiger charge is 2.43. The molecule has 0 N–H and O–H groups in total. The Morgan fingerprint density at radius 1 is 1.11 bits per heavy atom. The minimum absolute atomic E-state index is 0.0250. The molecule has 3 unspecified atom stereocenters. The van der Waals surface area contributed by atoms with Crippen LogP contribution in [-0.4, -0.2) is 22.8 Å². The van der Waals surface area contributed by atoms with Gasteiger partial charge >= 0.3 is 0 Å². The number of hydrogen-bond donors (Lipinski definition) is 0. The third-order valence-corrected chi connectivity index (χ3v) is 5.87. The number of benzene rings is 2. The summed E-state index contributed by atoms with van der Waals surface area (Å²) >= 11 is 0. The lowest BCUT2D eigenvalue weighted by Gasteiger charge is -2.43. The fraction of sp³-hybridized carbons (Fsp3) is 0.217. The van der Waals surface area contributed by atoms with Crippen molar-refractivity contribution in [3.05, 3.63) is 95.3 Å². The summed E-state index contributed by atoms with van der Waals surface area (Å²) in [5.41, 5.74) is 4.69. The van der Waals surface area contributed by atoms with E-state index in [9.17, 15) is 4.79 Å². The van der Waals surface area contributed by atoms with Gasteiger partial charge in [-0.1, -0.05) is 42.5 Å². The zero-order valence-corrected chi connectivity index (χ0v) is 15.1. The molecule has 0 saturated heterocycles. The third-order valence-electron chi connectivity index (χ3n) is 5.87. The second-order valence-electron chi connectivity index (χ2n) is 7.20. The van der Waals surface area contributed by atoms with Crippen molar-refractivity contribution in [2.24, 2.45) is 0 Å². The highest BCUT2D eigenvalue weighted by molar-refractivity contribution is 5.97. The first-order chi connectivity index (χ1) is 13.3. The van der Waals surface area contributed by atoms with Crippen molar-refractivity contribution >= 4 is 5.91 Å². The Balaban J connectivity index is 1.63. The number of ether oxygens (including phenoxy) is 1. The molecule has 27 heavy (non-hydrogen) atoms. The van der Waals surface area contributed by atoms with Crippen LogP contribution in [-0.2, 0) is 0 Å². The van der Waals surface area contributed by atoms with Gasteiger partial charge in [-0.3, -0.25) is 4.79 Å². The lowest BCUT2D eigenvalue weighted by Crippen LogP contribution is -2.32. The minimum Gasteiger partial charge on any atom is -0.497 e. The summed E-state index contributed by atoms with van der Waals surface area (Å²) in [4.78, 5) is 13.0. The van der Waals surface area contributed by atoms with E-state index in [1.807, 2.05) is 12.1 Å². The van der Waals surface area contributed by atoms with Gasteiger partial charge in [0, 0.05) is 29.8 Å². The Kier molecular flexibility index (Phi) is 3.71. The number of carbonyl (C=O) groups excluding carboxylic acids is 1. The topological polar surface area (TPSA) is 44.1 Å². The van der Waals surface area contributed by atoms with Crippen molar-refractivity contribution in [1.82, 2.24) is 9.78 Å². The van der Waals surface area contributed by atoms with Crippen LogP contribution in [0.15, 0.2) is 78.6 Å². The minimum atomic E-state index is -0.0250. The highest BCUT2D eigenvalue weighted by atomic mass is 16.5. The van der Waals surface area contributed by atoms with Crippen molar-refractivity contribution in [2.75, 3.05) is 7.11 Å². The molecule has 4 heteroatoms. The van der Waals surface area contributed by atoms with Crippen LogP contribution >= 0.6 is 0 Å². The van der Waals surface area contributed by atoms with Crippen LogP contribution in [0.1, 0.15) is 45.7 Å². The van der Waals surface area contributed by atoms with Gasteiger partial charge in [-0.05, 0) is 47.2 Å². The molecule has 3 aliphatic rings. The third kappa shape index (κ3) is 2.52. The molecule has 3 atom stereocenters. The molecule has 4 nitrogen and oxygen atoms in total. The Morgan fingerprint density at radius 3 is 2.70 bits per heavy atom. The zero-order valence-electron chi connectivity index (χ0n) is 15.1. The molecule has 2 aromatic carbocycles. The smallest absolute Gasteiger partial charge is 0.274 e. The molecule has 3 aliphatic carbocycles. The summed E-state index contributed by atoms with van der Waals surface area (Å²) in [6.45, 7) is 0. The van der Waals surface area contributed by atoms with E-state index in [0.29, 0.717) is 5.92 Å². The average molecular weight is 356 g/mol. The van der Waals surface area contributed by atoms with E-state index in [-0.39, 0.29) is 17.7 Å². The van der Waals surface area contributed by atoms with Crippen LogP contribution in [0, 0.1) is 0 Å². The fourth-order valence-corrected chi connectivity index (χ4v) is 4.63. The lowest BCUT2D eigenvalue weighted by molar-refractivity contribution is 0.0927. The standard InChI is InChI=1S/C23H20N2O2/c1-27-16-8-9-17-19(12-16)21-14-22(23(26)25-11-5-10-24-25)20(17)13-18(21)15-6-3-2-4-7-15/h2-12,14,18,20-21H,13H2,1H3. The van der Waals surface area contributed by atoms with Gasteiger partial charge in [0.2, 0.25) is 0 Å². The zero-order chi connectivity index (χ0) is 18.4. The van der Waals surface area contributed by atoms with Crippen molar-refractivity contribution in [1.29, 1.82) is 0 Å². The predicted octanol–water partition coefficient (Wildman–Crippen LogP) is 4.53. The number of aromatic nitrogens is 2. The second kappa shape index (κ2) is 6.23. The molecule has 3 aromatic rings. The van der Waals surface area contributed by atoms with Gasteiger partial charge in [0.15, 0.2) is 0 Å². The summed E-state index contributed by atoms with van der Waals surface area (Å²) in [6, 6.07) is 18.6. The molecular formula is C23H20N2O2. The van der Waals surface area contributed by atoms with Gasteiger partial charge < -0.3 is 4.74 Å². The summed E-state index contributed by atoms with van der Waals surface area (Å²) in [7, 11) is 1.69. The Bertz CT molecular complexity index is 1020. The predicted molar refractivity (Wildman–Crippen MR) is 103 cm³/mol. The SMILES string of the molecule is COc1ccc2c(c1)C1C=C(C(=O)n3cccn3)C2CC1c1ccccc1. The molecule has 6 rings (SSSR count). The van der Waals surface area contributed by atoms with Crippen LogP contribution in [0.2, 0.25) is 0 Å². The van der Waals surface area contributed by atoms with E-state index >= 15 is 0 Å². The highest BCUT2D eigenvalue weighted by Crippen LogP contribution is 2.56. The number of rotatable bonds is 3. The van der Waals surface area contributed by atoms with Crippen LogP contribution < -0.4 is 4.74 Å². The van der Waals surface area contributed by atoms with E-state index in [4.69, 9.17) is 4.74 Å². The van der Waals surface area contributed by atoms with E-state index in [0.717, 1.165) is 17.7 Å². The summed E-state index contributed by atoms with van der Waals surface area (Å²) in [6.07, 6.45) is 6.46. The Labute approximate surface area is 158 Å². The number of hydrogen-bond acceptors (Lipinski definition) is 3. The van der Waals surface area contributed by atoms with E-state index in [1.54, 1.807) is 25.6 Å². The summed E-state index contributed by atoms with van der Waals surface area (Å²) < 4.78 is 6.90. The first kappa shape index (κ1) is 16.1. The van der Waals surface area contributed by atoms with Crippen molar-refractivity contribution in [3.8, 4) is 5.75 Å². The molecule has 0 fully saturated rings. The maximum Gasteiger partial charge on any atom is 0.274 e. The quantitative estimate of drug-likeness (QED) is 0.693. The molecule has 0 spiro atoms. The molecular weight excluding hydrogens is 336 g/mol. The van der Waals surface area contributed by atoms with Gasteiger partial charge in [-0.2, -0.15) is 5.10 Å². The van der Waals surface area contributed by atoms with Gasteiger partial charge in [-0.25, -0.2) is 4.68 Å². The van der Waals surface area contributed by atoms with Gasteiger partial charge in [0.05, 0.1) is 7.11 Å². The number of nitrogens with zero attached hydrogens (tertiary/aromatic N) is 2. The van der Waals surface area contributed by atoms with Gasteiger partial charge in [-0.15, -0.1) is 0 Å². The maximum absolute atomic E-state index is 13.0. The van der Waals surface area contributed by atoms with E-state index < -0.39 is 0 Å². The lowest BCUT2D eigenvalue weighted by atomic mass is 9.61. The summed E-state index contributed by atoms with van der Waals surface area (Å²) in [5, 5.41) is 4.14. The first-order valence-corrected chi connectivity index (χ1v) is 9.25. The molecule has 0 amide bonds. The van der Waals surface area contributed by atoms with E-state index in [1.165, 1.54) is 21.4 Å². The normalized spacial score (nSPS) is 22.9. The molecule has 134 valence electrons. The van der Waals surface area contributed by atoms with Crippen molar-refractivity contribution < 1.29 is 9.53 Å². The fourth-order valence-electron chi connectivity index (χ4n) is 4.63. The van der Waals surface area contributed by atoms with Crippen LogP contribution in [0.5, 0.6) is 5.75 Å². The number of carbonyl (C=O) groups is 1. The van der Waals surface area contributed by atoms with Crippen LogP contribution in [0.3, 0.4) is 0 Å². The number of methoxy groups -OCH3 is 1. The maximum atomic E-state index is 13.0. The molecule has 0 aliphatic heterocycles. The molecule has 2 bridgehead atoms. The van der Waals surface area contributed by atoms with Gasteiger partial charge in [0.25, 0.3) is 5.91 Å². The van der Waals surface area contributed by atoms with Crippen LogP contribution in [0.4, 0.5) is 0 Å². The van der Waals surface area contributed by atoms with Crippen molar-refractivity contribution in [2.45, 2.75) is 24.2 Å². The Hall–Kier alpha value is -3.14. The second-order valence-corrected chi connectivity index (χ2v) is 7.20. The number of fused-ring (bicyclic) bond motifs is 1. The Morgan fingerprint density at radius 2 is 1.96 bits per heavy atom. The first-order valence-electron chi connectivity index (χ1n) is 9.25.